The monoisotopic (exact) mass is 343 g/mol. The fraction of sp³-hybridized carbons (Fsp3) is 0.0952. The second-order valence-corrected chi connectivity index (χ2v) is 6.29. The van der Waals surface area contributed by atoms with Crippen LogP contribution in [0.3, 0.4) is 0 Å². The number of benzene rings is 1. The molecule has 1 unspecified atom stereocenters. The molecule has 0 spiro atoms. The SMILES string of the molecule is CC1=CC(=O)NC2=CC(=NC(=O)c3ccc(-n4cccc4)cc3)C=CC12. The van der Waals surface area contributed by atoms with Gasteiger partial charge in [0.05, 0.1) is 5.71 Å². The number of aromatic nitrogens is 1. The molecule has 1 aliphatic carbocycles. The molecule has 1 N–H and O–H groups in total. The number of aliphatic imine (C=N–C) groups is 1. The highest BCUT2D eigenvalue weighted by molar-refractivity contribution is 6.14. The predicted molar refractivity (Wildman–Crippen MR) is 100 cm³/mol. The molecule has 2 aliphatic rings. The number of fused-ring (bicyclic) bond motifs is 1. The van der Waals surface area contributed by atoms with Crippen LogP contribution < -0.4 is 5.32 Å². The maximum absolute atomic E-state index is 12.4. The van der Waals surface area contributed by atoms with Crippen molar-refractivity contribution in [2.75, 3.05) is 0 Å². The topological polar surface area (TPSA) is 63.5 Å². The molecule has 4 rings (SSSR count). The van der Waals surface area contributed by atoms with Gasteiger partial charge in [-0.1, -0.05) is 11.6 Å². The van der Waals surface area contributed by atoms with Gasteiger partial charge in [-0.05, 0) is 55.5 Å². The minimum Gasteiger partial charge on any atom is -0.325 e. The van der Waals surface area contributed by atoms with Gasteiger partial charge in [-0.15, -0.1) is 0 Å². The maximum Gasteiger partial charge on any atom is 0.277 e. The third-order valence-electron chi connectivity index (χ3n) is 4.46. The van der Waals surface area contributed by atoms with Crippen LogP contribution in [0.2, 0.25) is 0 Å². The molecule has 0 saturated carbocycles. The van der Waals surface area contributed by atoms with Gasteiger partial charge >= 0.3 is 0 Å². The van der Waals surface area contributed by atoms with E-state index in [9.17, 15) is 9.59 Å². The summed E-state index contributed by atoms with van der Waals surface area (Å²) in [4.78, 5) is 28.3. The van der Waals surface area contributed by atoms with Crippen molar-refractivity contribution < 1.29 is 9.59 Å². The van der Waals surface area contributed by atoms with Crippen LogP contribution in [0.5, 0.6) is 0 Å². The molecule has 2 amide bonds. The van der Waals surface area contributed by atoms with Gasteiger partial charge < -0.3 is 9.88 Å². The lowest BCUT2D eigenvalue weighted by Gasteiger charge is -2.25. The van der Waals surface area contributed by atoms with Crippen LogP contribution in [0.15, 0.2) is 89.4 Å². The lowest BCUT2D eigenvalue weighted by atomic mass is 9.89. The molecular weight excluding hydrogens is 326 g/mol. The predicted octanol–water partition coefficient (Wildman–Crippen LogP) is 3.20. The highest BCUT2D eigenvalue weighted by atomic mass is 16.2. The molecule has 2 aromatic rings. The molecule has 0 fully saturated rings. The molecule has 1 aromatic heterocycles. The Kier molecular flexibility index (Phi) is 3.97. The van der Waals surface area contributed by atoms with Crippen molar-refractivity contribution in [3.05, 3.63) is 89.9 Å². The molecule has 0 radical (unpaired) electrons. The first-order chi connectivity index (χ1) is 12.6. The summed E-state index contributed by atoms with van der Waals surface area (Å²) in [5.74, 6) is -0.414. The molecule has 128 valence electrons. The Morgan fingerprint density at radius 1 is 1.12 bits per heavy atom. The Morgan fingerprint density at radius 2 is 1.85 bits per heavy atom. The summed E-state index contributed by atoms with van der Waals surface area (Å²) >= 11 is 0. The van der Waals surface area contributed by atoms with Crippen molar-refractivity contribution in [2.45, 2.75) is 6.92 Å². The smallest absolute Gasteiger partial charge is 0.277 e. The summed E-state index contributed by atoms with van der Waals surface area (Å²) in [5, 5.41) is 2.81. The molecule has 0 bridgehead atoms. The Balaban J connectivity index is 1.55. The van der Waals surface area contributed by atoms with E-state index in [1.807, 2.05) is 60.3 Å². The molecule has 2 heterocycles. The van der Waals surface area contributed by atoms with Gasteiger partial charge in [0.15, 0.2) is 0 Å². The van der Waals surface area contributed by atoms with Gasteiger partial charge in [0.1, 0.15) is 0 Å². The van der Waals surface area contributed by atoms with E-state index in [1.165, 1.54) is 0 Å². The van der Waals surface area contributed by atoms with Crippen LogP contribution in [-0.4, -0.2) is 22.1 Å². The lowest BCUT2D eigenvalue weighted by Crippen LogP contribution is -2.32. The summed E-state index contributed by atoms with van der Waals surface area (Å²) in [7, 11) is 0. The normalized spacial score (nSPS) is 20.3. The summed E-state index contributed by atoms with van der Waals surface area (Å²) < 4.78 is 1.97. The zero-order valence-corrected chi connectivity index (χ0v) is 14.2. The average Bonchev–Trinajstić information content (AvgIpc) is 3.16. The average molecular weight is 343 g/mol. The highest BCUT2D eigenvalue weighted by Crippen LogP contribution is 2.26. The number of rotatable bonds is 2. The van der Waals surface area contributed by atoms with E-state index in [-0.39, 0.29) is 17.7 Å². The van der Waals surface area contributed by atoms with Gasteiger partial charge in [-0.2, -0.15) is 0 Å². The van der Waals surface area contributed by atoms with Crippen LogP contribution in [0.1, 0.15) is 17.3 Å². The largest absolute Gasteiger partial charge is 0.325 e. The van der Waals surface area contributed by atoms with Crippen LogP contribution >= 0.6 is 0 Å². The van der Waals surface area contributed by atoms with E-state index >= 15 is 0 Å². The third kappa shape index (κ3) is 3.07. The van der Waals surface area contributed by atoms with E-state index in [0.717, 1.165) is 17.0 Å². The van der Waals surface area contributed by atoms with E-state index in [0.29, 0.717) is 11.3 Å². The van der Waals surface area contributed by atoms with Gasteiger partial charge in [0.2, 0.25) is 5.91 Å². The first-order valence-electron chi connectivity index (χ1n) is 8.35. The van der Waals surface area contributed by atoms with Crippen molar-refractivity contribution in [1.82, 2.24) is 9.88 Å². The fourth-order valence-corrected chi connectivity index (χ4v) is 3.12. The van der Waals surface area contributed by atoms with E-state index in [2.05, 4.69) is 10.3 Å². The number of carbonyl (C=O) groups is 2. The fourth-order valence-electron chi connectivity index (χ4n) is 3.12. The molecular formula is C21H17N3O2. The zero-order valence-electron chi connectivity index (χ0n) is 14.2. The van der Waals surface area contributed by atoms with Crippen molar-refractivity contribution in [3.8, 4) is 5.69 Å². The van der Waals surface area contributed by atoms with Gasteiger partial charge in [-0.3, -0.25) is 9.59 Å². The molecule has 1 aromatic carbocycles. The summed E-state index contributed by atoms with van der Waals surface area (Å²) in [6, 6.07) is 11.2. The second kappa shape index (κ2) is 6.44. The molecule has 26 heavy (non-hydrogen) atoms. The van der Waals surface area contributed by atoms with Crippen LogP contribution in [0.25, 0.3) is 5.69 Å². The highest BCUT2D eigenvalue weighted by Gasteiger charge is 2.23. The number of carbonyl (C=O) groups excluding carboxylic acids is 2. The van der Waals surface area contributed by atoms with Gasteiger partial charge in [0, 0.05) is 41.3 Å². The minimum absolute atomic E-state index is 0.0441. The Bertz CT molecular complexity index is 990. The summed E-state index contributed by atoms with van der Waals surface area (Å²) in [6.07, 6.45) is 11.0. The van der Waals surface area contributed by atoms with Crippen LogP contribution in [-0.2, 0) is 4.79 Å². The Morgan fingerprint density at radius 3 is 2.58 bits per heavy atom. The van der Waals surface area contributed by atoms with Crippen molar-refractivity contribution >= 4 is 17.5 Å². The number of nitrogens with zero attached hydrogens (tertiary/aromatic N) is 2. The number of hydrogen-bond acceptors (Lipinski definition) is 2. The standard InChI is InChI=1S/C21H17N3O2/c1-14-12-20(25)23-19-13-16(6-9-18(14)19)22-21(26)15-4-7-17(8-5-15)24-10-2-3-11-24/h2-13,18H,1H3,(H,23,25). The Labute approximate surface area is 151 Å². The summed E-state index contributed by atoms with van der Waals surface area (Å²) in [5.41, 5.74) is 3.76. The molecule has 1 atom stereocenters. The van der Waals surface area contributed by atoms with Crippen molar-refractivity contribution in [2.24, 2.45) is 10.9 Å². The second-order valence-electron chi connectivity index (χ2n) is 6.29. The number of amides is 2. The number of allylic oxidation sites excluding steroid dienone is 3. The Hall–Kier alpha value is -3.47. The first-order valence-corrected chi connectivity index (χ1v) is 8.35. The lowest BCUT2D eigenvalue weighted by molar-refractivity contribution is -0.116. The molecule has 5 nitrogen and oxygen atoms in total. The third-order valence-corrected chi connectivity index (χ3v) is 4.46. The van der Waals surface area contributed by atoms with E-state index in [4.69, 9.17) is 0 Å². The van der Waals surface area contributed by atoms with Gasteiger partial charge in [-0.25, -0.2) is 4.99 Å². The zero-order chi connectivity index (χ0) is 18.1. The summed E-state index contributed by atoms with van der Waals surface area (Å²) in [6.45, 7) is 1.92. The molecule has 5 heteroatoms. The van der Waals surface area contributed by atoms with Crippen molar-refractivity contribution in [1.29, 1.82) is 0 Å². The quantitative estimate of drug-likeness (QED) is 0.910. The number of hydrogen-bond donors (Lipinski definition) is 1. The van der Waals surface area contributed by atoms with Crippen molar-refractivity contribution in [3.63, 3.8) is 0 Å². The maximum atomic E-state index is 12.4. The minimum atomic E-state index is -0.312. The first kappa shape index (κ1) is 16.0. The van der Waals surface area contributed by atoms with Crippen LogP contribution in [0.4, 0.5) is 0 Å². The molecule has 0 saturated heterocycles. The van der Waals surface area contributed by atoms with Crippen LogP contribution in [0, 0.1) is 5.92 Å². The number of nitrogens with one attached hydrogen (secondary N) is 1. The molecule has 1 aliphatic heterocycles. The van der Waals surface area contributed by atoms with E-state index in [1.54, 1.807) is 24.3 Å². The van der Waals surface area contributed by atoms with E-state index < -0.39 is 0 Å². The van der Waals surface area contributed by atoms with Gasteiger partial charge in [0.25, 0.3) is 5.91 Å².